The summed E-state index contributed by atoms with van der Waals surface area (Å²) in [7, 11) is 0. The van der Waals surface area contributed by atoms with Crippen LogP contribution >= 0.6 is 0 Å². The summed E-state index contributed by atoms with van der Waals surface area (Å²) in [5, 5.41) is 12.1. The van der Waals surface area contributed by atoms with Crippen LogP contribution in [0.5, 0.6) is 0 Å². The van der Waals surface area contributed by atoms with Crippen molar-refractivity contribution in [3.63, 3.8) is 0 Å². The maximum atomic E-state index is 12.5. The maximum absolute atomic E-state index is 12.5. The normalized spacial score (nSPS) is 20.5. The number of fused-ring (bicyclic) bond motifs is 2. The van der Waals surface area contributed by atoms with Gasteiger partial charge in [-0.1, -0.05) is 55.5 Å². The number of carbonyl (C=O) groups excluding carboxylic acids is 2. The lowest BCUT2D eigenvalue weighted by molar-refractivity contribution is -0.130. The predicted molar refractivity (Wildman–Crippen MR) is 103 cm³/mol. The molecule has 26 heavy (non-hydrogen) atoms. The minimum absolute atomic E-state index is 0.328. The lowest BCUT2D eigenvalue weighted by Gasteiger charge is -2.17. The molecule has 3 aromatic rings. The minimum Gasteiger partial charge on any atom is -0.322 e. The topological polar surface area (TPSA) is 61.8 Å². The van der Waals surface area contributed by atoms with E-state index in [0.717, 1.165) is 32.1 Å². The molecule has 4 rings (SSSR count). The van der Waals surface area contributed by atoms with Crippen LogP contribution in [-0.4, -0.2) is 28.7 Å². The van der Waals surface area contributed by atoms with Crippen LogP contribution in [0.15, 0.2) is 59.7 Å². The molecule has 0 aliphatic carbocycles. The van der Waals surface area contributed by atoms with Gasteiger partial charge >= 0.3 is 6.03 Å². The van der Waals surface area contributed by atoms with Crippen molar-refractivity contribution < 1.29 is 9.59 Å². The summed E-state index contributed by atoms with van der Waals surface area (Å²) in [4.78, 5) is 24.7. The Balaban J connectivity index is 1.85. The zero-order valence-electron chi connectivity index (χ0n) is 14.7. The average molecular weight is 345 g/mol. The Labute approximate surface area is 151 Å². The summed E-state index contributed by atoms with van der Waals surface area (Å²) in [6.45, 7) is 3.58. The number of hydrazone groups is 1. The SMILES string of the molecule is CCC1(C)NC(=O)N(N=Cc2c3ccccc3cc3ccccc23)C1=O. The molecule has 1 N–H and O–H groups in total. The van der Waals surface area contributed by atoms with E-state index in [1.54, 1.807) is 13.1 Å². The first kappa shape index (κ1) is 16.3. The van der Waals surface area contributed by atoms with Gasteiger partial charge in [0.2, 0.25) is 0 Å². The fourth-order valence-electron chi connectivity index (χ4n) is 3.32. The number of hydrogen-bond acceptors (Lipinski definition) is 3. The molecule has 1 heterocycles. The molecular weight excluding hydrogens is 326 g/mol. The third kappa shape index (κ3) is 2.44. The molecule has 1 aliphatic heterocycles. The van der Waals surface area contributed by atoms with E-state index >= 15 is 0 Å². The number of hydrogen-bond donors (Lipinski definition) is 1. The molecule has 130 valence electrons. The first-order valence-corrected chi connectivity index (χ1v) is 8.65. The van der Waals surface area contributed by atoms with Crippen molar-refractivity contribution in [2.45, 2.75) is 25.8 Å². The molecule has 3 amide bonds. The predicted octanol–water partition coefficient (Wildman–Crippen LogP) is 4.05. The molecule has 1 atom stereocenters. The van der Waals surface area contributed by atoms with Crippen LogP contribution in [0.2, 0.25) is 0 Å². The number of amides is 3. The Morgan fingerprint density at radius 1 is 1.04 bits per heavy atom. The molecule has 0 saturated carbocycles. The second-order valence-corrected chi connectivity index (χ2v) is 6.71. The van der Waals surface area contributed by atoms with Crippen LogP contribution in [0.4, 0.5) is 4.79 Å². The smallest absolute Gasteiger partial charge is 0.322 e. The fraction of sp³-hybridized carbons (Fsp3) is 0.190. The highest BCUT2D eigenvalue weighted by Crippen LogP contribution is 2.28. The van der Waals surface area contributed by atoms with E-state index in [1.807, 2.05) is 55.5 Å². The summed E-state index contributed by atoms with van der Waals surface area (Å²) >= 11 is 0. The van der Waals surface area contributed by atoms with Crippen LogP contribution in [0.25, 0.3) is 21.5 Å². The van der Waals surface area contributed by atoms with E-state index in [4.69, 9.17) is 0 Å². The highest BCUT2D eigenvalue weighted by atomic mass is 16.2. The van der Waals surface area contributed by atoms with Crippen LogP contribution in [0, 0.1) is 0 Å². The van der Waals surface area contributed by atoms with Gasteiger partial charge in [0.1, 0.15) is 5.54 Å². The van der Waals surface area contributed by atoms with Crippen molar-refractivity contribution in [3.8, 4) is 0 Å². The summed E-state index contributed by atoms with van der Waals surface area (Å²) in [6, 6.07) is 17.7. The lowest BCUT2D eigenvalue weighted by Crippen LogP contribution is -2.42. The molecule has 1 aliphatic rings. The van der Waals surface area contributed by atoms with Crippen LogP contribution in [0.1, 0.15) is 25.8 Å². The van der Waals surface area contributed by atoms with Gasteiger partial charge in [-0.25, -0.2) is 4.79 Å². The minimum atomic E-state index is -0.894. The van der Waals surface area contributed by atoms with E-state index < -0.39 is 11.6 Å². The molecule has 3 aromatic carbocycles. The van der Waals surface area contributed by atoms with Gasteiger partial charge in [-0.05, 0) is 41.0 Å². The summed E-state index contributed by atoms with van der Waals surface area (Å²) < 4.78 is 0. The average Bonchev–Trinajstić information content (AvgIpc) is 2.88. The van der Waals surface area contributed by atoms with Crippen molar-refractivity contribution in [3.05, 3.63) is 60.2 Å². The molecular formula is C21H19N3O2. The molecule has 5 heteroatoms. The van der Waals surface area contributed by atoms with Crippen molar-refractivity contribution in [1.29, 1.82) is 0 Å². The van der Waals surface area contributed by atoms with E-state index in [2.05, 4.69) is 16.5 Å². The third-order valence-corrected chi connectivity index (χ3v) is 5.06. The van der Waals surface area contributed by atoms with Gasteiger partial charge in [0.25, 0.3) is 5.91 Å². The van der Waals surface area contributed by atoms with Gasteiger partial charge < -0.3 is 5.32 Å². The number of urea groups is 1. The molecule has 1 fully saturated rings. The zero-order valence-corrected chi connectivity index (χ0v) is 14.7. The van der Waals surface area contributed by atoms with Crippen molar-refractivity contribution in [2.75, 3.05) is 0 Å². The van der Waals surface area contributed by atoms with Gasteiger partial charge in [0.15, 0.2) is 0 Å². The summed E-state index contributed by atoms with van der Waals surface area (Å²) in [5.74, 6) is -0.328. The van der Waals surface area contributed by atoms with Gasteiger partial charge in [-0.15, -0.1) is 5.01 Å². The first-order valence-electron chi connectivity index (χ1n) is 8.65. The number of nitrogens with zero attached hydrogens (tertiary/aromatic N) is 2. The van der Waals surface area contributed by atoms with Crippen molar-refractivity contribution in [2.24, 2.45) is 5.10 Å². The Kier molecular flexibility index (Phi) is 3.72. The molecule has 0 bridgehead atoms. The molecule has 5 nitrogen and oxygen atoms in total. The van der Waals surface area contributed by atoms with Crippen molar-refractivity contribution in [1.82, 2.24) is 10.3 Å². The van der Waals surface area contributed by atoms with Crippen molar-refractivity contribution >= 4 is 39.7 Å². The Bertz CT molecular complexity index is 1020. The fourth-order valence-corrected chi connectivity index (χ4v) is 3.32. The Morgan fingerprint density at radius 2 is 1.62 bits per heavy atom. The number of imide groups is 1. The summed E-state index contributed by atoms with van der Waals surface area (Å²) in [6.07, 6.45) is 2.13. The zero-order chi connectivity index (χ0) is 18.3. The largest absolute Gasteiger partial charge is 0.346 e. The summed E-state index contributed by atoms with van der Waals surface area (Å²) in [5.41, 5.74) is -0.000640. The molecule has 0 radical (unpaired) electrons. The van der Waals surface area contributed by atoms with E-state index in [9.17, 15) is 9.59 Å². The molecule has 1 unspecified atom stereocenters. The van der Waals surface area contributed by atoms with E-state index in [-0.39, 0.29) is 5.91 Å². The van der Waals surface area contributed by atoms with Gasteiger partial charge in [-0.3, -0.25) is 4.79 Å². The molecule has 0 aromatic heterocycles. The number of carbonyl (C=O) groups is 2. The second-order valence-electron chi connectivity index (χ2n) is 6.71. The highest BCUT2D eigenvalue weighted by Gasteiger charge is 2.46. The van der Waals surface area contributed by atoms with E-state index in [0.29, 0.717) is 6.42 Å². The van der Waals surface area contributed by atoms with Gasteiger partial charge in [-0.2, -0.15) is 5.10 Å². The van der Waals surface area contributed by atoms with Gasteiger partial charge in [0.05, 0.1) is 6.21 Å². The van der Waals surface area contributed by atoms with Crippen LogP contribution in [-0.2, 0) is 4.79 Å². The Morgan fingerprint density at radius 3 is 2.15 bits per heavy atom. The number of benzene rings is 3. The number of nitrogens with one attached hydrogen (secondary N) is 1. The molecule has 1 saturated heterocycles. The number of rotatable bonds is 3. The van der Waals surface area contributed by atoms with Crippen LogP contribution < -0.4 is 5.32 Å². The van der Waals surface area contributed by atoms with Gasteiger partial charge in [0, 0.05) is 5.56 Å². The quantitative estimate of drug-likeness (QED) is 0.442. The molecule has 0 spiro atoms. The Hall–Kier alpha value is -3.21. The lowest BCUT2D eigenvalue weighted by atomic mass is 9.97. The van der Waals surface area contributed by atoms with E-state index in [1.165, 1.54) is 0 Å². The third-order valence-electron chi connectivity index (χ3n) is 5.06. The maximum Gasteiger partial charge on any atom is 0.346 e. The second kappa shape index (κ2) is 5.95. The van der Waals surface area contributed by atoms with Crippen LogP contribution in [0.3, 0.4) is 0 Å². The monoisotopic (exact) mass is 345 g/mol. The standard InChI is InChI=1S/C21H19N3O2/c1-3-21(2)19(25)24(20(26)23-21)22-13-18-16-10-6-4-8-14(16)12-15-9-5-7-11-17(15)18/h4-13H,3H2,1-2H3,(H,23,26). The first-order chi connectivity index (χ1) is 12.5. The highest BCUT2D eigenvalue weighted by molar-refractivity contribution is 6.14.